The molecular weight excluding hydrogens is 324 g/mol. The van der Waals surface area contributed by atoms with Gasteiger partial charge in [0, 0.05) is 17.5 Å². The first-order chi connectivity index (χ1) is 11.7. The van der Waals surface area contributed by atoms with Crippen molar-refractivity contribution in [3.63, 3.8) is 0 Å². The first-order valence-electron chi connectivity index (χ1n) is 9.10. The van der Waals surface area contributed by atoms with E-state index in [0.717, 1.165) is 55.5 Å². The molecule has 0 spiro atoms. The van der Waals surface area contributed by atoms with Gasteiger partial charge in [0.05, 0.1) is 5.56 Å². The lowest BCUT2D eigenvalue weighted by atomic mass is 10.1. The van der Waals surface area contributed by atoms with Gasteiger partial charge in [-0.3, -0.25) is 9.59 Å². The molecule has 130 valence electrons. The topological polar surface area (TPSA) is 67.4 Å². The summed E-state index contributed by atoms with van der Waals surface area (Å²) < 4.78 is 5.46. The number of nitrogens with one attached hydrogen (secondary N) is 2. The number of anilines is 1. The number of aryl methyl sites for hydroxylation is 1. The van der Waals surface area contributed by atoms with Gasteiger partial charge in [-0.1, -0.05) is 12.8 Å². The fourth-order valence-corrected chi connectivity index (χ4v) is 5.33. The summed E-state index contributed by atoms with van der Waals surface area (Å²) >= 11 is 1.57. The van der Waals surface area contributed by atoms with Crippen LogP contribution in [0.2, 0.25) is 0 Å². The number of ether oxygens (including phenoxy) is 1. The van der Waals surface area contributed by atoms with Gasteiger partial charge in [-0.25, -0.2) is 0 Å². The minimum atomic E-state index is -0.368. The zero-order valence-corrected chi connectivity index (χ0v) is 14.7. The number of fused-ring (bicyclic) bond motifs is 1. The second-order valence-electron chi connectivity index (χ2n) is 7.01. The zero-order valence-electron chi connectivity index (χ0n) is 13.9. The minimum absolute atomic E-state index is 0.0102. The Morgan fingerprint density at radius 1 is 1.04 bits per heavy atom. The summed E-state index contributed by atoms with van der Waals surface area (Å²) in [6, 6.07) is 0.288. The van der Waals surface area contributed by atoms with Crippen molar-refractivity contribution in [2.75, 3.05) is 11.9 Å². The zero-order chi connectivity index (χ0) is 16.5. The third-order valence-corrected chi connectivity index (χ3v) is 6.50. The summed E-state index contributed by atoms with van der Waals surface area (Å²) in [5, 5.41) is 6.88. The van der Waals surface area contributed by atoms with Crippen molar-refractivity contribution in [2.24, 2.45) is 0 Å². The predicted octanol–water partition coefficient (Wildman–Crippen LogP) is 3.03. The fourth-order valence-electron chi connectivity index (χ4n) is 4.04. The molecule has 6 heteroatoms. The average Bonchev–Trinajstić information content (AvgIpc) is 3.32. The number of rotatable bonds is 4. The molecule has 1 aromatic heterocycles. The Hall–Kier alpha value is -1.40. The van der Waals surface area contributed by atoms with Crippen molar-refractivity contribution in [1.82, 2.24) is 5.32 Å². The van der Waals surface area contributed by atoms with Crippen LogP contribution in [0.25, 0.3) is 0 Å². The first-order valence-corrected chi connectivity index (χ1v) is 9.92. The molecule has 1 aliphatic heterocycles. The molecule has 2 heterocycles. The maximum absolute atomic E-state index is 12.9. The third-order valence-electron chi connectivity index (χ3n) is 5.30. The van der Waals surface area contributed by atoms with Crippen molar-refractivity contribution in [2.45, 2.75) is 69.9 Å². The lowest BCUT2D eigenvalue weighted by Crippen LogP contribution is -2.34. The molecule has 2 fully saturated rings. The molecule has 2 N–H and O–H groups in total. The third kappa shape index (κ3) is 3.09. The molecular formula is C18H24N2O3S. The number of carbonyl (C=O) groups is 2. The molecule has 0 aromatic carbocycles. The van der Waals surface area contributed by atoms with Crippen molar-refractivity contribution in [3.8, 4) is 0 Å². The molecule has 0 unspecified atom stereocenters. The maximum atomic E-state index is 12.9. The van der Waals surface area contributed by atoms with E-state index >= 15 is 0 Å². The second-order valence-corrected chi connectivity index (χ2v) is 8.11. The number of hydrogen-bond acceptors (Lipinski definition) is 4. The fraction of sp³-hybridized carbons (Fsp3) is 0.667. The standard InChI is InChI=1S/C18H24N2O3S/c21-16(13-8-4-10-23-13)20-18-15(12-7-3-9-14(12)24-18)17(22)19-11-5-1-2-6-11/h11,13H,1-10H2,(H,19,22)(H,20,21)/t13-/m1/s1. The number of hydrogen-bond donors (Lipinski definition) is 2. The van der Waals surface area contributed by atoms with Gasteiger partial charge >= 0.3 is 0 Å². The summed E-state index contributed by atoms with van der Waals surface area (Å²) in [7, 11) is 0. The molecule has 2 amide bonds. The van der Waals surface area contributed by atoms with E-state index < -0.39 is 0 Å². The van der Waals surface area contributed by atoms with Gasteiger partial charge in [0.1, 0.15) is 11.1 Å². The summed E-state index contributed by atoms with van der Waals surface area (Å²) in [5.74, 6) is -0.119. The van der Waals surface area contributed by atoms with E-state index in [4.69, 9.17) is 4.74 Å². The summed E-state index contributed by atoms with van der Waals surface area (Å²) in [4.78, 5) is 26.5. The molecule has 3 aliphatic rings. The maximum Gasteiger partial charge on any atom is 0.254 e. The highest BCUT2D eigenvalue weighted by atomic mass is 32.1. The molecule has 4 rings (SSSR count). The van der Waals surface area contributed by atoms with Crippen molar-refractivity contribution in [3.05, 3.63) is 16.0 Å². The molecule has 24 heavy (non-hydrogen) atoms. The Bertz CT molecular complexity index is 643. The summed E-state index contributed by atoms with van der Waals surface area (Å²) in [6.07, 6.45) is 8.89. The Labute approximate surface area is 146 Å². The molecule has 2 aliphatic carbocycles. The van der Waals surface area contributed by atoms with Crippen LogP contribution in [0.1, 0.15) is 65.7 Å². The number of amides is 2. The van der Waals surface area contributed by atoms with Crippen LogP contribution in [0.15, 0.2) is 0 Å². The smallest absolute Gasteiger partial charge is 0.254 e. The van der Waals surface area contributed by atoms with Gasteiger partial charge in [0.15, 0.2) is 0 Å². The molecule has 1 saturated carbocycles. The number of carbonyl (C=O) groups excluding carboxylic acids is 2. The van der Waals surface area contributed by atoms with E-state index in [1.54, 1.807) is 11.3 Å². The van der Waals surface area contributed by atoms with Gasteiger partial charge in [-0.2, -0.15) is 0 Å². The van der Waals surface area contributed by atoms with Gasteiger partial charge < -0.3 is 15.4 Å². The lowest BCUT2D eigenvalue weighted by molar-refractivity contribution is -0.124. The molecule has 1 aromatic rings. The average molecular weight is 348 g/mol. The van der Waals surface area contributed by atoms with E-state index in [1.165, 1.54) is 17.7 Å². The van der Waals surface area contributed by atoms with Crippen molar-refractivity contribution >= 4 is 28.2 Å². The number of thiophene rings is 1. The van der Waals surface area contributed by atoms with Crippen LogP contribution in [0.3, 0.4) is 0 Å². The molecule has 0 bridgehead atoms. The molecule has 1 saturated heterocycles. The van der Waals surface area contributed by atoms with Crippen molar-refractivity contribution < 1.29 is 14.3 Å². The van der Waals surface area contributed by atoms with Crippen LogP contribution in [0.4, 0.5) is 5.00 Å². The highest BCUT2D eigenvalue weighted by Crippen LogP contribution is 2.39. The Morgan fingerprint density at radius 2 is 1.88 bits per heavy atom. The van der Waals surface area contributed by atoms with E-state index in [2.05, 4.69) is 10.6 Å². The largest absolute Gasteiger partial charge is 0.368 e. The van der Waals surface area contributed by atoms with Crippen LogP contribution in [-0.4, -0.2) is 30.6 Å². The molecule has 5 nitrogen and oxygen atoms in total. The lowest BCUT2D eigenvalue weighted by Gasteiger charge is -2.15. The monoisotopic (exact) mass is 348 g/mol. The van der Waals surface area contributed by atoms with Crippen molar-refractivity contribution in [1.29, 1.82) is 0 Å². The van der Waals surface area contributed by atoms with Gasteiger partial charge in [0.2, 0.25) is 0 Å². The van der Waals surface area contributed by atoms with Gasteiger partial charge in [0.25, 0.3) is 11.8 Å². The van der Waals surface area contributed by atoms with E-state index in [1.807, 2.05) is 0 Å². The molecule has 1 atom stereocenters. The normalized spacial score (nSPS) is 23.4. The summed E-state index contributed by atoms with van der Waals surface area (Å²) in [6.45, 7) is 0.647. The van der Waals surface area contributed by atoms with Gasteiger partial charge in [-0.15, -0.1) is 11.3 Å². The Morgan fingerprint density at radius 3 is 2.62 bits per heavy atom. The van der Waals surface area contributed by atoms with Crippen LogP contribution in [-0.2, 0) is 22.4 Å². The Kier molecular flexibility index (Phi) is 4.59. The van der Waals surface area contributed by atoms with E-state index in [-0.39, 0.29) is 24.0 Å². The molecule has 0 radical (unpaired) electrons. The Balaban J connectivity index is 1.54. The quantitative estimate of drug-likeness (QED) is 0.879. The highest BCUT2D eigenvalue weighted by Gasteiger charge is 2.31. The summed E-state index contributed by atoms with van der Waals surface area (Å²) in [5.41, 5.74) is 1.86. The second kappa shape index (κ2) is 6.84. The van der Waals surface area contributed by atoms with Crippen LogP contribution >= 0.6 is 11.3 Å². The van der Waals surface area contributed by atoms with Crippen LogP contribution < -0.4 is 10.6 Å². The van der Waals surface area contributed by atoms with Crippen LogP contribution in [0, 0.1) is 0 Å². The highest BCUT2D eigenvalue weighted by molar-refractivity contribution is 7.17. The SMILES string of the molecule is O=C(NC1CCCC1)c1c(NC(=O)[C@H]2CCCO2)sc2c1CCC2. The van der Waals surface area contributed by atoms with E-state index in [0.29, 0.717) is 12.2 Å². The predicted molar refractivity (Wildman–Crippen MR) is 93.7 cm³/mol. The van der Waals surface area contributed by atoms with Crippen LogP contribution in [0.5, 0.6) is 0 Å². The van der Waals surface area contributed by atoms with E-state index in [9.17, 15) is 9.59 Å². The van der Waals surface area contributed by atoms with Gasteiger partial charge in [-0.05, 0) is 50.5 Å². The minimum Gasteiger partial charge on any atom is -0.368 e. The first kappa shape index (κ1) is 16.1.